The second-order valence-electron chi connectivity index (χ2n) is 3.99. The molecule has 0 aliphatic carbocycles. The number of para-hydroxylation sites is 2. The number of methoxy groups -OCH3 is 1. The molecule has 5 nitrogen and oxygen atoms in total. The van der Waals surface area contributed by atoms with Gasteiger partial charge in [-0.3, -0.25) is 0 Å². The first-order chi connectivity index (χ1) is 9.78. The first-order valence-electron chi connectivity index (χ1n) is 5.91. The molecule has 2 aromatic carbocycles. The molecule has 0 spiro atoms. The van der Waals surface area contributed by atoms with Crippen molar-refractivity contribution in [3.63, 3.8) is 0 Å². The zero-order valence-electron chi connectivity index (χ0n) is 10.6. The van der Waals surface area contributed by atoms with Gasteiger partial charge in [0.25, 0.3) is 0 Å². The summed E-state index contributed by atoms with van der Waals surface area (Å²) in [6.07, 6.45) is 0. The molecule has 1 aromatic heterocycles. The third-order valence-electron chi connectivity index (χ3n) is 2.70. The normalized spacial score (nSPS) is 11.2. The van der Waals surface area contributed by atoms with Gasteiger partial charge >= 0.3 is 0 Å². The number of phenols is 1. The molecule has 3 rings (SSSR count). The van der Waals surface area contributed by atoms with E-state index in [1.165, 1.54) is 24.5 Å². The minimum absolute atomic E-state index is 0.0354. The van der Waals surface area contributed by atoms with Crippen LogP contribution in [0, 0.1) is 0 Å². The van der Waals surface area contributed by atoms with E-state index < -0.39 is 0 Å². The molecule has 0 saturated heterocycles. The van der Waals surface area contributed by atoms with Crippen LogP contribution < -0.4 is 4.74 Å². The van der Waals surface area contributed by atoms with Gasteiger partial charge in [0.05, 0.1) is 17.3 Å². The van der Waals surface area contributed by atoms with Gasteiger partial charge in [-0.15, -0.1) is 10.2 Å². The van der Waals surface area contributed by atoms with E-state index in [-0.39, 0.29) is 5.75 Å². The van der Waals surface area contributed by atoms with E-state index in [1.807, 2.05) is 24.3 Å². The largest absolute Gasteiger partial charge is 0.504 e. The fourth-order valence-electron chi connectivity index (χ4n) is 1.80. The number of aromatic nitrogens is 1. The molecular formula is C14H11N3O2S. The molecule has 1 heterocycles. The standard InChI is InChI=1S/C14H11N3O2S/c1-19-13-10(6-4-7-11(13)18)16-17-14-15-9-5-2-3-8-12(9)20-14/h2-8,18H,1H3. The molecule has 0 radical (unpaired) electrons. The summed E-state index contributed by atoms with van der Waals surface area (Å²) in [5.41, 5.74) is 1.36. The maximum Gasteiger partial charge on any atom is 0.231 e. The highest BCUT2D eigenvalue weighted by Gasteiger charge is 2.07. The van der Waals surface area contributed by atoms with E-state index in [0.717, 1.165) is 10.2 Å². The summed E-state index contributed by atoms with van der Waals surface area (Å²) >= 11 is 1.46. The Bertz CT molecular complexity index is 750. The number of ether oxygens (including phenoxy) is 1. The molecule has 6 heteroatoms. The van der Waals surface area contributed by atoms with Crippen molar-refractivity contribution < 1.29 is 9.84 Å². The summed E-state index contributed by atoms with van der Waals surface area (Å²) in [5.74, 6) is 0.339. The monoisotopic (exact) mass is 285 g/mol. The van der Waals surface area contributed by atoms with Crippen molar-refractivity contribution in [2.45, 2.75) is 0 Å². The van der Waals surface area contributed by atoms with Crippen LogP contribution in [0.25, 0.3) is 10.2 Å². The first-order valence-corrected chi connectivity index (χ1v) is 6.73. The third-order valence-corrected chi connectivity index (χ3v) is 3.62. The van der Waals surface area contributed by atoms with Gasteiger partial charge in [-0.1, -0.05) is 29.5 Å². The van der Waals surface area contributed by atoms with E-state index in [4.69, 9.17) is 4.74 Å². The Morgan fingerprint density at radius 2 is 1.95 bits per heavy atom. The average Bonchev–Trinajstić information content (AvgIpc) is 2.88. The van der Waals surface area contributed by atoms with Crippen LogP contribution in [0.2, 0.25) is 0 Å². The lowest BCUT2D eigenvalue weighted by atomic mass is 10.3. The smallest absolute Gasteiger partial charge is 0.231 e. The van der Waals surface area contributed by atoms with Crippen LogP contribution in [0.3, 0.4) is 0 Å². The molecule has 0 aliphatic rings. The molecule has 0 bridgehead atoms. The minimum Gasteiger partial charge on any atom is -0.504 e. The van der Waals surface area contributed by atoms with Crippen LogP contribution in [-0.4, -0.2) is 17.2 Å². The SMILES string of the molecule is COc1c(O)cccc1N=Nc1nc2ccccc2s1. The maximum atomic E-state index is 9.66. The maximum absolute atomic E-state index is 9.66. The van der Waals surface area contributed by atoms with Crippen molar-refractivity contribution in [3.05, 3.63) is 42.5 Å². The van der Waals surface area contributed by atoms with E-state index in [9.17, 15) is 5.11 Å². The number of hydrogen-bond acceptors (Lipinski definition) is 6. The summed E-state index contributed by atoms with van der Waals surface area (Å²) in [5, 5.41) is 18.4. The van der Waals surface area contributed by atoms with E-state index in [2.05, 4.69) is 15.2 Å². The van der Waals surface area contributed by atoms with Crippen LogP contribution in [-0.2, 0) is 0 Å². The highest BCUT2D eigenvalue weighted by molar-refractivity contribution is 7.21. The Kier molecular flexibility index (Phi) is 3.30. The number of azo groups is 1. The lowest BCUT2D eigenvalue weighted by molar-refractivity contribution is 0.374. The fourth-order valence-corrected chi connectivity index (χ4v) is 2.59. The Balaban J connectivity index is 1.96. The Hall–Kier alpha value is -2.47. The second-order valence-corrected chi connectivity index (χ2v) is 5.00. The fraction of sp³-hybridized carbons (Fsp3) is 0.0714. The van der Waals surface area contributed by atoms with E-state index >= 15 is 0 Å². The second kappa shape index (κ2) is 5.26. The zero-order chi connectivity index (χ0) is 13.9. The summed E-state index contributed by atoms with van der Waals surface area (Å²) < 4.78 is 6.16. The summed E-state index contributed by atoms with van der Waals surface area (Å²) in [6, 6.07) is 12.7. The highest BCUT2D eigenvalue weighted by atomic mass is 32.1. The number of rotatable bonds is 3. The van der Waals surface area contributed by atoms with Crippen LogP contribution in [0.1, 0.15) is 0 Å². The Morgan fingerprint density at radius 3 is 2.75 bits per heavy atom. The predicted octanol–water partition coefficient (Wildman–Crippen LogP) is 4.43. The van der Waals surface area contributed by atoms with Crippen molar-refractivity contribution in [1.82, 2.24) is 4.98 Å². The molecule has 0 atom stereocenters. The van der Waals surface area contributed by atoms with Gasteiger partial charge in [0.2, 0.25) is 5.13 Å². The van der Waals surface area contributed by atoms with Crippen LogP contribution >= 0.6 is 11.3 Å². The molecule has 100 valence electrons. The predicted molar refractivity (Wildman–Crippen MR) is 78.5 cm³/mol. The summed E-state index contributed by atoms with van der Waals surface area (Å²) in [7, 11) is 1.48. The van der Waals surface area contributed by atoms with Gasteiger partial charge in [0.15, 0.2) is 11.5 Å². The molecular weight excluding hydrogens is 274 g/mol. The Labute approximate surface area is 119 Å². The van der Waals surface area contributed by atoms with Gasteiger partial charge in [-0.25, -0.2) is 4.98 Å². The molecule has 0 saturated carbocycles. The van der Waals surface area contributed by atoms with Gasteiger partial charge in [-0.2, -0.15) is 0 Å². The van der Waals surface area contributed by atoms with Crippen LogP contribution in [0.15, 0.2) is 52.7 Å². The highest BCUT2D eigenvalue weighted by Crippen LogP contribution is 2.37. The van der Waals surface area contributed by atoms with Gasteiger partial charge in [-0.05, 0) is 24.3 Å². The van der Waals surface area contributed by atoms with Gasteiger partial charge in [0.1, 0.15) is 5.69 Å². The van der Waals surface area contributed by atoms with Crippen LogP contribution in [0.4, 0.5) is 10.8 Å². The number of hydrogen-bond donors (Lipinski definition) is 1. The third kappa shape index (κ3) is 2.33. The minimum atomic E-state index is 0.0354. The number of thiazole rings is 1. The lowest BCUT2D eigenvalue weighted by Gasteiger charge is -2.04. The van der Waals surface area contributed by atoms with E-state index in [1.54, 1.807) is 12.1 Å². The van der Waals surface area contributed by atoms with Crippen molar-refractivity contribution in [3.8, 4) is 11.5 Å². The summed E-state index contributed by atoms with van der Waals surface area (Å²) in [4.78, 5) is 4.36. The average molecular weight is 285 g/mol. The number of fused-ring (bicyclic) bond motifs is 1. The van der Waals surface area contributed by atoms with Crippen molar-refractivity contribution in [2.75, 3.05) is 7.11 Å². The molecule has 0 amide bonds. The number of nitrogens with zero attached hydrogens (tertiary/aromatic N) is 3. The molecule has 0 unspecified atom stereocenters. The molecule has 3 aromatic rings. The Morgan fingerprint density at radius 1 is 1.10 bits per heavy atom. The molecule has 0 fully saturated rings. The number of benzene rings is 2. The van der Waals surface area contributed by atoms with Gasteiger partial charge in [0, 0.05) is 0 Å². The lowest BCUT2D eigenvalue weighted by Crippen LogP contribution is -1.83. The topological polar surface area (TPSA) is 67.1 Å². The number of aromatic hydroxyl groups is 1. The van der Waals surface area contributed by atoms with E-state index in [0.29, 0.717) is 16.6 Å². The van der Waals surface area contributed by atoms with Crippen molar-refractivity contribution in [1.29, 1.82) is 0 Å². The van der Waals surface area contributed by atoms with Gasteiger partial charge < -0.3 is 9.84 Å². The molecule has 1 N–H and O–H groups in total. The first kappa shape index (κ1) is 12.6. The van der Waals surface area contributed by atoms with Crippen LogP contribution in [0.5, 0.6) is 11.5 Å². The molecule has 20 heavy (non-hydrogen) atoms. The van der Waals surface area contributed by atoms with Crippen molar-refractivity contribution >= 4 is 32.4 Å². The summed E-state index contributed by atoms with van der Waals surface area (Å²) in [6.45, 7) is 0. The van der Waals surface area contributed by atoms with Crippen molar-refractivity contribution in [2.24, 2.45) is 10.2 Å². The molecule has 0 aliphatic heterocycles. The number of phenolic OH excluding ortho intramolecular Hbond substituents is 1. The zero-order valence-corrected chi connectivity index (χ0v) is 11.5. The quantitative estimate of drug-likeness (QED) is 0.724.